The molecule has 0 aliphatic heterocycles. The quantitative estimate of drug-likeness (QED) is 0.663. The molecule has 0 fully saturated rings. The van der Waals surface area contributed by atoms with Crippen molar-refractivity contribution in [3.8, 4) is 0 Å². The Morgan fingerprint density at radius 1 is 1.16 bits per heavy atom. The maximum absolute atomic E-state index is 5.22. The first-order valence-electron chi connectivity index (χ1n) is 7.40. The zero-order valence-corrected chi connectivity index (χ0v) is 13.4. The second-order valence-corrected chi connectivity index (χ2v) is 6.43. The predicted octanol–water partition coefficient (Wildman–Crippen LogP) is 3.11. The molecule has 0 heterocycles. The minimum Gasteiger partial charge on any atom is -0.383 e. The molecule has 1 aliphatic carbocycles. The summed E-state index contributed by atoms with van der Waals surface area (Å²) in [5.74, 6) is 0. The monoisotopic (exact) mass is 269 g/mol. The van der Waals surface area contributed by atoms with Crippen LogP contribution in [0.5, 0.6) is 0 Å². The van der Waals surface area contributed by atoms with Gasteiger partial charge in [-0.3, -0.25) is 4.90 Å². The SMILES string of the molecule is COCCN(CCOC)[C@@H]1CC=C(C(C)(C)C)CC1. The second-order valence-electron chi connectivity index (χ2n) is 6.43. The topological polar surface area (TPSA) is 21.7 Å². The Hall–Kier alpha value is -0.380. The van der Waals surface area contributed by atoms with E-state index in [2.05, 4.69) is 31.7 Å². The molecule has 0 N–H and O–H groups in total. The van der Waals surface area contributed by atoms with Crippen molar-refractivity contribution in [2.45, 2.75) is 46.1 Å². The second kappa shape index (κ2) is 8.03. The Morgan fingerprint density at radius 3 is 2.11 bits per heavy atom. The highest BCUT2D eigenvalue weighted by Crippen LogP contribution is 2.34. The Labute approximate surface area is 119 Å². The van der Waals surface area contributed by atoms with Crippen molar-refractivity contribution in [2.75, 3.05) is 40.5 Å². The molecular weight excluding hydrogens is 238 g/mol. The fourth-order valence-electron chi connectivity index (χ4n) is 2.73. The molecule has 3 nitrogen and oxygen atoms in total. The normalized spacial score (nSPS) is 20.7. The molecule has 1 atom stereocenters. The summed E-state index contributed by atoms with van der Waals surface area (Å²) in [6.07, 6.45) is 6.11. The van der Waals surface area contributed by atoms with Gasteiger partial charge in [-0.15, -0.1) is 0 Å². The molecule has 1 aliphatic rings. The number of hydrogen-bond donors (Lipinski definition) is 0. The van der Waals surface area contributed by atoms with Gasteiger partial charge in [0.05, 0.1) is 13.2 Å². The van der Waals surface area contributed by atoms with Gasteiger partial charge in [-0.25, -0.2) is 0 Å². The molecule has 0 bridgehead atoms. The highest BCUT2D eigenvalue weighted by atomic mass is 16.5. The van der Waals surface area contributed by atoms with E-state index in [-0.39, 0.29) is 0 Å². The van der Waals surface area contributed by atoms with Crippen LogP contribution in [-0.2, 0) is 9.47 Å². The van der Waals surface area contributed by atoms with Gasteiger partial charge in [0.1, 0.15) is 0 Å². The number of methoxy groups -OCH3 is 2. The van der Waals surface area contributed by atoms with Crippen molar-refractivity contribution in [2.24, 2.45) is 5.41 Å². The third-order valence-electron chi connectivity index (χ3n) is 4.03. The summed E-state index contributed by atoms with van der Waals surface area (Å²) in [6, 6.07) is 0.649. The average Bonchev–Trinajstić information content (AvgIpc) is 2.38. The lowest BCUT2D eigenvalue weighted by atomic mass is 9.79. The van der Waals surface area contributed by atoms with Crippen LogP contribution in [0.15, 0.2) is 11.6 Å². The Balaban J connectivity index is 2.55. The summed E-state index contributed by atoms with van der Waals surface area (Å²) in [5.41, 5.74) is 1.94. The van der Waals surface area contributed by atoms with Gasteiger partial charge in [0, 0.05) is 33.4 Å². The van der Waals surface area contributed by atoms with Crippen LogP contribution < -0.4 is 0 Å². The number of ether oxygens (including phenoxy) is 2. The molecule has 0 unspecified atom stereocenters. The number of nitrogens with zero attached hydrogens (tertiary/aromatic N) is 1. The van der Waals surface area contributed by atoms with E-state index in [1.807, 2.05) is 0 Å². The molecule has 0 spiro atoms. The molecule has 0 saturated carbocycles. The molecule has 1 rings (SSSR count). The third kappa shape index (κ3) is 5.64. The molecular formula is C16H31NO2. The smallest absolute Gasteiger partial charge is 0.0589 e. The molecule has 0 radical (unpaired) electrons. The van der Waals surface area contributed by atoms with Gasteiger partial charge in [0.15, 0.2) is 0 Å². The van der Waals surface area contributed by atoms with E-state index in [1.54, 1.807) is 19.8 Å². The number of allylic oxidation sites excluding steroid dienone is 1. The van der Waals surface area contributed by atoms with Crippen LogP contribution >= 0.6 is 0 Å². The van der Waals surface area contributed by atoms with Gasteiger partial charge >= 0.3 is 0 Å². The fourth-order valence-corrected chi connectivity index (χ4v) is 2.73. The minimum atomic E-state index is 0.328. The summed E-state index contributed by atoms with van der Waals surface area (Å²) in [6.45, 7) is 10.5. The van der Waals surface area contributed by atoms with Gasteiger partial charge < -0.3 is 9.47 Å². The van der Waals surface area contributed by atoms with Gasteiger partial charge in [-0.2, -0.15) is 0 Å². The van der Waals surface area contributed by atoms with Gasteiger partial charge in [0.2, 0.25) is 0 Å². The maximum atomic E-state index is 5.22. The third-order valence-corrected chi connectivity index (χ3v) is 4.03. The van der Waals surface area contributed by atoms with Crippen LogP contribution in [0.25, 0.3) is 0 Å². The summed E-state index contributed by atoms with van der Waals surface area (Å²) in [5, 5.41) is 0. The van der Waals surface area contributed by atoms with E-state index in [0.29, 0.717) is 11.5 Å². The lowest BCUT2D eigenvalue weighted by Crippen LogP contribution is -2.41. The van der Waals surface area contributed by atoms with Crippen molar-refractivity contribution in [3.63, 3.8) is 0 Å². The highest BCUT2D eigenvalue weighted by molar-refractivity contribution is 5.15. The van der Waals surface area contributed by atoms with E-state index in [1.165, 1.54) is 19.3 Å². The first kappa shape index (κ1) is 16.7. The summed E-state index contributed by atoms with van der Waals surface area (Å²) in [4.78, 5) is 2.52. The molecule has 19 heavy (non-hydrogen) atoms. The highest BCUT2D eigenvalue weighted by Gasteiger charge is 2.25. The molecule has 0 aromatic carbocycles. The molecule has 3 heteroatoms. The molecule has 0 amide bonds. The van der Waals surface area contributed by atoms with Crippen LogP contribution in [0.4, 0.5) is 0 Å². The van der Waals surface area contributed by atoms with E-state index in [9.17, 15) is 0 Å². The van der Waals surface area contributed by atoms with Crippen molar-refractivity contribution >= 4 is 0 Å². The fraction of sp³-hybridized carbons (Fsp3) is 0.875. The van der Waals surface area contributed by atoms with E-state index < -0.39 is 0 Å². The summed E-state index contributed by atoms with van der Waals surface area (Å²) >= 11 is 0. The first-order chi connectivity index (χ1) is 8.99. The lowest BCUT2D eigenvalue weighted by molar-refractivity contribution is 0.0826. The molecule has 112 valence electrons. The standard InChI is InChI=1S/C16H31NO2/c1-16(2,3)14-6-8-15(9-7-14)17(10-12-18-4)11-13-19-5/h6,15H,7-13H2,1-5H3/t15-/m1/s1. The van der Waals surface area contributed by atoms with Crippen molar-refractivity contribution in [3.05, 3.63) is 11.6 Å². The Morgan fingerprint density at radius 2 is 1.74 bits per heavy atom. The van der Waals surface area contributed by atoms with Crippen LogP contribution in [0.2, 0.25) is 0 Å². The maximum Gasteiger partial charge on any atom is 0.0589 e. The zero-order valence-electron chi connectivity index (χ0n) is 13.4. The molecule has 0 aromatic rings. The Bertz CT molecular complexity index is 273. The summed E-state index contributed by atoms with van der Waals surface area (Å²) < 4.78 is 10.4. The molecule has 0 aromatic heterocycles. The average molecular weight is 269 g/mol. The van der Waals surface area contributed by atoms with E-state index >= 15 is 0 Å². The first-order valence-corrected chi connectivity index (χ1v) is 7.40. The number of hydrogen-bond acceptors (Lipinski definition) is 3. The lowest BCUT2D eigenvalue weighted by Gasteiger charge is -2.36. The Kier molecular flexibility index (Phi) is 7.05. The molecule has 0 saturated heterocycles. The van der Waals surface area contributed by atoms with Gasteiger partial charge in [0.25, 0.3) is 0 Å². The van der Waals surface area contributed by atoms with Crippen molar-refractivity contribution in [1.29, 1.82) is 0 Å². The van der Waals surface area contributed by atoms with Gasteiger partial charge in [-0.05, 0) is 24.7 Å². The minimum absolute atomic E-state index is 0.328. The van der Waals surface area contributed by atoms with Crippen molar-refractivity contribution < 1.29 is 9.47 Å². The number of rotatable bonds is 7. The van der Waals surface area contributed by atoms with Crippen LogP contribution in [0.3, 0.4) is 0 Å². The van der Waals surface area contributed by atoms with Gasteiger partial charge in [-0.1, -0.05) is 32.4 Å². The van der Waals surface area contributed by atoms with Crippen molar-refractivity contribution in [1.82, 2.24) is 4.90 Å². The van der Waals surface area contributed by atoms with E-state index in [4.69, 9.17) is 9.47 Å². The largest absolute Gasteiger partial charge is 0.383 e. The van der Waals surface area contributed by atoms with Crippen LogP contribution in [0, 0.1) is 5.41 Å². The predicted molar refractivity (Wildman–Crippen MR) is 80.5 cm³/mol. The van der Waals surface area contributed by atoms with Crippen LogP contribution in [0.1, 0.15) is 40.0 Å². The summed E-state index contributed by atoms with van der Waals surface area (Å²) in [7, 11) is 3.54. The van der Waals surface area contributed by atoms with E-state index in [0.717, 1.165) is 26.3 Å². The van der Waals surface area contributed by atoms with Crippen LogP contribution in [-0.4, -0.2) is 51.5 Å². The zero-order chi connectivity index (χ0) is 14.3.